The van der Waals surface area contributed by atoms with Gasteiger partial charge in [0.05, 0.1) is 18.4 Å². The number of anilines is 1. The Morgan fingerprint density at radius 3 is 2.24 bits per heavy atom. The topological polar surface area (TPSA) is 38.8 Å². The summed E-state index contributed by atoms with van der Waals surface area (Å²) in [7, 11) is 1.57. The molecule has 5 heteroatoms. The maximum Gasteiger partial charge on any atom is 0.263 e. The van der Waals surface area contributed by atoms with Crippen molar-refractivity contribution in [3.63, 3.8) is 0 Å². The first-order valence-electron chi connectivity index (χ1n) is 10.9. The van der Waals surface area contributed by atoms with Crippen LogP contribution in [-0.4, -0.2) is 13.0 Å². The van der Waals surface area contributed by atoms with Crippen molar-refractivity contribution in [2.24, 2.45) is 0 Å². The van der Waals surface area contributed by atoms with Gasteiger partial charge in [0.15, 0.2) is 0 Å². The Bertz CT molecular complexity index is 1350. The van der Waals surface area contributed by atoms with E-state index in [1.54, 1.807) is 30.2 Å². The Hall–Kier alpha value is -4.38. The second kappa shape index (κ2) is 9.24. The molecule has 0 bridgehead atoms. The van der Waals surface area contributed by atoms with Crippen molar-refractivity contribution < 1.29 is 18.7 Å². The summed E-state index contributed by atoms with van der Waals surface area (Å²) in [5, 5.41) is 0. The monoisotopic (exact) mass is 451 g/mol. The van der Waals surface area contributed by atoms with Gasteiger partial charge in [-0.15, -0.1) is 0 Å². The normalized spacial score (nSPS) is 13.8. The fraction of sp³-hybridized carbons (Fsp3) is 0.0690. The van der Waals surface area contributed by atoms with Gasteiger partial charge < -0.3 is 9.47 Å². The number of methoxy groups -OCH3 is 1. The van der Waals surface area contributed by atoms with Crippen LogP contribution in [0.25, 0.3) is 11.8 Å². The highest BCUT2D eigenvalue weighted by molar-refractivity contribution is 6.24. The number of carbonyl (C=O) groups excluding carboxylic acids is 1. The molecule has 0 fully saturated rings. The Morgan fingerprint density at radius 1 is 0.824 bits per heavy atom. The molecule has 0 aromatic heterocycles. The van der Waals surface area contributed by atoms with Crippen molar-refractivity contribution in [3.05, 3.63) is 125 Å². The number of hydrogen-bond donors (Lipinski definition) is 0. The maximum atomic E-state index is 13.5. The molecule has 5 rings (SSSR count). The van der Waals surface area contributed by atoms with Gasteiger partial charge in [0.2, 0.25) is 0 Å². The average molecular weight is 451 g/mol. The minimum atomic E-state index is -0.355. The molecule has 34 heavy (non-hydrogen) atoms. The van der Waals surface area contributed by atoms with E-state index in [0.717, 1.165) is 22.4 Å². The molecule has 1 aliphatic rings. The van der Waals surface area contributed by atoms with Crippen LogP contribution in [0.1, 0.15) is 27.0 Å². The van der Waals surface area contributed by atoms with Crippen LogP contribution >= 0.6 is 0 Å². The molecule has 4 aromatic carbocycles. The molecule has 1 amide bonds. The van der Waals surface area contributed by atoms with Gasteiger partial charge in [0.1, 0.15) is 23.9 Å². The van der Waals surface area contributed by atoms with Crippen LogP contribution in [0.2, 0.25) is 0 Å². The SMILES string of the molecule is COc1ccc2c(c1)C(=O)N(c1ccc(F)cc1)/C2=C\c1ccc(OCc2ccccc2)cc1. The van der Waals surface area contributed by atoms with E-state index in [0.29, 0.717) is 29.3 Å². The molecule has 4 nitrogen and oxygen atoms in total. The van der Waals surface area contributed by atoms with Gasteiger partial charge in [-0.3, -0.25) is 9.69 Å². The number of hydrogen-bond acceptors (Lipinski definition) is 3. The summed E-state index contributed by atoms with van der Waals surface area (Å²) >= 11 is 0. The van der Waals surface area contributed by atoms with E-state index in [1.165, 1.54) is 12.1 Å². The highest BCUT2D eigenvalue weighted by Crippen LogP contribution is 2.39. The number of rotatable bonds is 6. The average Bonchev–Trinajstić information content (AvgIpc) is 3.15. The van der Waals surface area contributed by atoms with E-state index < -0.39 is 0 Å². The molecule has 0 atom stereocenters. The largest absolute Gasteiger partial charge is 0.497 e. The molecule has 0 saturated heterocycles. The fourth-order valence-electron chi connectivity index (χ4n) is 3.95. The van der Waals surface area contributed by atoms with Gasteiger partial charge in [0.25, 0.3) is 5.91 Å². The van der Waals surface area contributed by atoms with E-state index in [1.807, 2.05) is 72.8 Å². The summed E-state index contributed by atoms with van der Waals surface area (Å²) in [5.74, 6) is 0.821. The molecule has 0 unspecified atom stereocenters. The minimum Gasteiger partial charge on any atom is -0.497 e. The first-order valence-corrected chi connectivity index (χ1v) is 10.9. The molecule has 0 saturated carbocycles. The lowest BCUT2D eigenvalue weighted by Gasteiger charge is -2.19. The lowest BCUT2D eigenvalue weighted by molar-refractivity contribution is 0.101. The highest BCUT2D eigenvalue weighted by Gasteiger charge is 2.33. The minimum absolute atomic E-state index is 0.186. The zero-order valence-electron chi connectivity index (χ0n) is 18.6. The van der Waals surface area contributed by atoms with E-state index in [9.17, 15) is 9.18 Å². The first-order chi connectivity index (χ1) is 16.6. The van der Waals surface area contributed by atoms with E-state index in [-0.39, 0.29) is 11.7 Å². The summed E-state index contributed by atoms with van der Waals surface area (Å²) in [5.41, 5.74) is 4.64. The fourth-order valence-corrected chi connectivity index (χ4v) is 3.95. The third kappa shape index (κ3) is 4.28. The van der Waals surface area contributed by atoms with Crippen molar-refractivity contribution >= 4 is 23.4 Å². The van der Waals surface area contributed by atoms with E-state index in [2.05, 4.69) is 0 Å². The number of halogens is 1. The summed E-state index contributed by atoms with van der Waals surface area (Å²) < 4.78 is 24.7. The highest BCUT2D eigenvalue weighted by atomic mass is 19.1. The Morgan fingerprint density at radius 2 is 1.53 bits per heavy atom. The third-order valence-corrected chi connectivity index (χ3v) is 5.69. The zero-order valence-corrected chi connectivity index (χ0v) is 18.6. The van der Waals surface area contributed by atoms with Crippen molar-refractivity contribution in [1.82, 2.24) is 0 Å². The Kier molecular flexibility index (Phi) is 5.83. The molecule has 1 heterocycles. The van der Waals surface area contributed by atoms with Crippen molar-refractivity contribution in [1.29, 1.82) is 0 Å². The van der Waals surface area contributed by atoms with E-state index in [4.69, 9.17) is 9.47 Å². The van der Waals surface area contributed by atoms with Crippen LogP contribution < -0.4 is 14.4 Å². The first kappa shape index (κ1) is 21.5. The van der Waals surface area contributed by atoms with Crippen LogP contribution in [0, 0.1) is 5.82 Å². The molecule has 4 aromatic rings. The van der Waals surface area contributed by atoms with E-state index >= 15 is 0 Å². The van der Waals surface area contributed by atoms with Gasteiger partial charge in [-0.1, -0.05) is 42.5 Å². The van der Waals surface area contributed by atoms with Crippen molar-refractivity contribution in [3.8, 4) is 11.5 Å². The molecule has 0 N–H and O–H groups in total. The smallest absolute Gasteiger partial charge is 0.263 e. The van der Waals surface area contributed by atoms with Gasteiger partial charge in [-0.25, -0.2) is 4.39 Å². The maximum absolute atomic E-state index is 13.5. The lowest BCUT2D eigenvalue weighted by atomic mass is 10.1. The predicted molar refractivity (Wildman–Crippen MR) is 131 cm³/mol. The number of amides is 1. The second-order valence-electron chi connectivity index (χ2n) is 7.90. The molecule has 0 aliphatic carbocycles. The lowest BCUT2D eigenvalue weighted by Crippen LogP contribution is -2.22. The number of nitrogens with zero attached hydrogens (tertiary/aromatic N) is 1. The summed E-state index contributed by atoms with van der Waals surface area (Å²) in [6.07, 6.45) is 1.94. The Labute approximate surface area is 197 Å². The number of fused-ring (bicyclic) bond motifs is 1. The van der Waals surface area contributed by atoms with Crippen molar-refractivity contribution in [2.75, 3.05) is 12.0 Å². The third-order valence-electron chi connectivity index (χ3n) is 5.69. The van der Waals surface area contributed by atoms with Crippen LogP contribution in [0.3, 0.4) is 0 Å². The summed E-state index contributed by atoms with van der Waals surface area (Å²) in [6.45, 7) is 0.489. The number of ether oxygens (including phenoxy) is 2. The van der Waals surface area contributed by atoms with Gasteiger partial charge >= 0.3 is 0 Å². The number of benzene rings is 4. The van der Waals surface area contributed by atoms with Crippen LogP contribution in [0.5, 0.6) is 11.5 Å². The molecule has 168 valence electrons. The molecule has 0 radical (unpaired) electrons. The second-order valence-corrected chi connectivity index (χ2v) is 7.90. The standard InChI is InChI=1S/C29H22FNO3/c1-33-25-15-16-26-27(18-25)29(32)31(23-11-9-22(30)10-12-23)28(26)17-20-7-13-24(14-8-20)34-19-21-5-3-2-4-6-21/h2-18H,19H2,1H3/b28-17-. The summed E-state index contributed by atoms with van der Waals surface area (Å²) in [6, 6.07) is 29.0. The zero-order chi connectivity index (χ0) is 23.5. The van der Waals surface area contributed by atoms with Gasteiger partial charge in [0, 0.05) is 11.3 Å². The molecular formula is C29H22FNO3. The van der Waals surface area contributed by atoms with Crippen LogP contribution in [0.4, 0.5) is 10.1 Å². The van der Waals surface area contributed by atoms with Crippen LogP contribution in [0.15, 0.2) is 97.1 Å². The molecule has 1 aliphatic heterocycles. The van der Waals surface area contributed by atoms with Gasteiger partial charge in [-0.2, -0.15) is 0 Å². The predicted octanol–water partition coefficient (Wildman–Crippen LogP) is 6.57. The van der Waals surface area contributed by atoms with Gasteiger partial charge in [-0.05, 0) is 71.8 Å². The Balaban J connectivity index is 1.47. The van der Waals surface area contributed by atoms with Crippen LogP contribution in [-0.2, 0) is 6.61 Å². The summed E-state index contributed by atoms with van der Waals surface area (Å²) in [4.78, 5) is 14.9. The number of carbonyl (C=O) groups is 1. The quantitative estimate of drug-likeness (QED) is 0.333. The van der Waals surface area contributed by atoms with Crippen molar-refractivity contribution in [2.45, 2.75) is 6.61 Å². The molecule has 0 spiro atoms. The molecular weight excluding hydrogens is 429 g/mol.